The van der Waals surface area contributed by atoms with Gasteiger partial charge in [-0.2, -0.15) is 0 Å². The van der Waals surface area contributed by atoms with E-state index in [0.29, 0.717) is 17.6 Å². The van der Waals surface area contributed by atoms with Gasteiger partial charge in [0.15, 0.2) is 11.5 Å². The van der Waals surface area contributed by atoms with Crippen LogP contribution in [0.4, 0.5) is 0 Å². The second-order valence-electron chi connectivity index (χ2n) is 2.77. The van der Waals surface area contributed by atoms with Gasteiger partial charge in [-0.15, -0.1) is 0 Å². The van der Waals surface area contributed by atoms with Crippen LogP contribution in [0.1, 0.15) is 5.56 Å². The molecule has 0 aliphatic carbocycles. The fourth-order valence-corrected chi connectivity index (χ4v) is 1.21. The number of aromatic hydroxyl groups is 1. The summed E-state index contributed by atoms with van der Waals surface area (Å²) in [5.41, 5.74) is 0.664. The smallest absolute Gasteiger partial charge is 0.203 e. The van der Waals surface area contributed by atoms with E-state index in [1.807, 2.05) is 0 Å². The Labute approximate surface area is 87.7 Å². The first-order valence-corrected chi connectivity index (χ1v) is 4.29. The number of rotatable bonds is 4. The van der Waals surface area contributed by atoms with E-state index in [1.54, 1.807) is 12.1 Å². The molecule has 1 aromatic carbocycles. The lowest BCUT2D eigenvalue weighted by molar-refractivity contribution is -0.104. The van der Waals surface area contributed by atoms with Crippen LogP contribution in [0, 0.1) is 0 Å². The van der Waals surface area contributed by atoms with Crippen molar-refractivity contribution in [1.29, 1.82) is 0 Å². The largest absolute Gasteiger partial charge is 0.504 e. The van der Waals surface area contributed by atoms with Gasteiger partial charge in [0.05, 0.1) is 14.2 Å². The van der Waals surface area contributed by atoms with Gasteiger partial charge in [0.2, 0.25) is 5.75 Å². The molecule has 4 nitrogen and oxygen atoms in total. The van der Waals surface area contributed by atoms with Crippen LogP contribution in [0.25, 0.3) is 6.08 Å². The number of benzene rings is 1. The summed E-state index contributed by atoms with van der Waals surface area (Å²) >= 11 is 0. The van der Waals surface area contributed by atoms with E-state index in [2.05, 4.69) is 0 Å². The molecule has 1 N–H and O–H groups in total. The number of methoxy groups -OCH3 is 2. The van der Waals surface area contributed by atoms with Gasteiger partial charge in [-0.1, -0.05) is 6.08 Å². The number of phenolic OH excluding ortho intramolecular Hbond substituents is 1. The lowest BCUT2D eigenvalue weighted by Gasteiger charge is -2.09. The van der Waals surface area contributed by atoms with E-state index in [0.717, 1.165) is 0 Å². The van der Waals surface area contributed by atoms with Crippen LogP contribution in [0.3, 0.4) is 0 Å². The standard InChI is InChI=1S/C11H12O4/c1-14-10-7-8(4-3-5-12)6-9(13)11(10)15-2/h3-7,13H,1-2H3/b4-3+. The molecule has 15 heavy (non-hydrogen) atoms. The Morgan fingerprint density at radius 3 is 2.53 bits per heavy atom. The van der Waals surface area contributed by atoms with Crippen LogP contribution in [-0.4, -0.2) is 25.6 Å². The van der Waals surface area contributed by atoms with Crippen LogP contribution in [-0.2, 0) is 4.79 Å². The summed E-state index contributed by atoms with van der Waals surface area (Å²) in [6, 6.07) is 3.15. The van der Waals surface area contributed by atoms with Crippen LogP contribution in [0.15, 0.2) is 18.2 Å². The van der Waals surface area contributed by atoms with Gasteiger partial charge in [0.25, 0.3) is 0 Å². The molecular formula is C11H12O4. The molecule has 0 saturated carbocycles. The SMILES string of the molecule is COc1cc(/C=C/C=O)cc(O)c1OC. The van der Waals surface area contributed by atoms with Crippen molar-refractivity contribution in [3.8, 4) is 17.2 Å². The van der Waals surface area contributed by atoms with Gasteiger partial charge in [0.1, 0.15) is 6.29 Å². The van der Waals surface area contributed by atoms with Gasteiger partial charge < -0.3 is 14.6 Å². The third-order valence-electron chi connectivity index (χ3n) is 1.85. The summed E-state index contributed by atoms with van der Waals surface area (Å²) in [6.07, 6.45) is 3.56. The third kappa shape index (κ3) is 2.49. The normalized spacial score (nSPS) is 10.3. The fraction of sp³-hybridized carbons (Fsp3) is 0.182. The molecular weight excluding hydrogens is 196 g/mol. The number of phenols is 1. The highest BCUT2D eigenvalue weighted by molar-refractivity contribution is 5.75. The molecule has 0 unspecified atom stereocenters. The van der Waals surface area contributed by atoms with Crippen LogP contribution in [0.5, 0.6) is 17.2 Å². The quantitative estimate of drug-likeness (QED) is 0.603. The molecule has 0 amide bonds. The highest BCUT2D eigenvalue weighted by Gasteiger charge is 2.09. The Morgan fingerprint density at radius 2 is 2.00 bits per heavy atom. The first-order chi connectivity index (χ1) is 7.22. The van der Waals surface area contributed by atoms with Gasteiger partial charge in [-0.3, -0.25) is 4.79 Å². The molecule has 0 aromatic heterocycles. The van der Waals surface area contributed by atoms with E-state index in [9.17, 15) is 9.90 Å². The van der Waals surface area contributed by atoms with Crippen molar-refractivity contribution < 1.29 is 19.4 Å². The summed E-state index contributed by atoms with van der Waals surface area (Å²) in [4.78, 5) is 10.1. The summed E-state index contributed by atoms with van der Waals surface area (Å²) in [6.45, 7) is 0. The van der Waals surface area contributed by atoms with Crippen molar-refractivity contribution in [2.75, 3.05) is 14.2 Å². The number of hydrogen-bond donors (Lipinski definition) is 1. The number of hydrogen-bond acceptors (Lipinski definition) is 4. The molecule has 0 aliphatic heterocycles. The number of aldehydes is 1. The number of allylic oxidation sites excluding steroid dienone is 1. The van der Waals surface area contributed by atoms with Crippen molar-refractivity contribution in [3.63, 3.8) is 0 Å². The van der Waals surface area contributed by atoms with E-state index in [-0.39, 0.29) is 11.5 Å². The summed E-state index contributed by atoms with van der Waals surface area (Å²) in [5, 5.41) is 9.58. The minimum absolute atomic E-state index is 0.0256. The molecule has 1 aromatic rings. The van der Waals surface area contributed by atoms with E-state index < -0.39 is 0 Å². The zero-order chi connectivity index (χ0) is 11.3. The minimum atomic E-state index is -0.0256. The van der Waals surface area contributed by atoms with Crippen molar-refractivity contribution in [2.24, 2.45) is 0 Å². The molecule has 0 radical (unpaired) electrons. The first kappa shape index (κ1) is 11.1. The van der Waals surface area contributed by atoms with E-state index in [1.165, 1.54) is 26.4 Å². The Hall–Kier alpha value is -1.97. The Balaban J connectivity index is 3.18. The molecule has 0 spiro atoms. The highest BCUT2D eigenvalue weighted by Crippen LogP contribution is 2.37. The maximum atomic E-state index is 10.1. The lowest BCUT2D eigenvalue weighted by atomic mass is 10.1. The molecule has 0 fully saturated rings. The molecule has 0 aliphatic rings. The third-order valence-corrected chi connectivity index (χ3v) is 1.85. The maximum Gasteiger partial charge on any atom is 0.203 e. The second kappa shape index (κ2) is 5.05. The Morgan fingerprint density at radius 1 is 1.27 bits per heavy atom. The van der Waals surface area contributed by atoms with Gasteiger partial charge in [-0.25, -0.2) is 0 Å². The number of ether oxygens (including phenoxy) is 2. The van der Waals surface area contributed by atoms with Crippen molar-refractivity contribution in [1.82, 2.24) is 0 Å². The lowest BCUT2D eigenvalue weighted by Crippen LogP contribution is -1.91. The molecule has 4 heteroatoms. The fourth-order valence-electron chi connectivity index (χ4n) is 1.21. The maximum absolute atomic E-state index is 10.1. The topological polar surface area (TPSA) is 55.8 Å². The van der Waals surface area contributed by atoms with Crippen LogP contribution >= 0.6 is 0 Å². The summed E-state index contributed by atoms with van der Waals surface area (Å²) < 4.78 is 9.99. The molecule has 0 heterocycles. The average molecular weight is 208 g/mol. The Bertz CT molecular complexity index is 382. The van der Waals surface area contributed by atoms with Gasteiger partial charge >= 0.3 is 0 Å². The van der Waals surface area contributed by atoms with E-state index in [4.69, 9.17) is 9.47 Å². The molecule has 0 atom stereocenters. The predicted octanol–water partition coefficient (Wildman–Crippen LogP) is 1.62. The summed E-state index contributed by atoms with van der Waals surface area (Å²) in [7, 11) is 2.92. The number of carbonyl (C=O) groups is 1. The Kier molecular flexibility index (Phi) is 3.74. The monoisotopic (exact) mass is 208 g/mol. The zero-order valence-electron chi connectivity index (χ0n) is 8.56. The first-order valence-electron chi connectivity index (χ1n) is 4.29. The molecule has 80 valence electrons. The second-order valence-corrected chi connectivity index (χ2v) is 2.77. The average Bonchev–Trinajstić information content (AvgIpc) is 2.25. The number of carbonyl (C=O) groups excluding carboxylic acids is 1. The summed E-state index contributed by atoms with van der Waals surface area (Å²) in [5.74, 6) is 0.672. The highest BCUT2D eigenvalue weighted by atomic mass is 16.5. The van der Waals surface area contributed by atoms with Crippen molar-refractivity contribution >= 4 is 12.4 Å². The zero-order valence-corrected chi connectivity index (χ0v) is 8.56. The van der Waals surface area contributed by atoms with Crippen molar-refractivity contribution in [3.05, 3.63) is 23.8 Å². The van der Waals surface area contributed by atoms with Crippen LogP contribution < -0.4 is 9.47 Å². The predicted molar refractivity (Wildman–Crippen MR) is 56.3 cm³/mol. The molecule has 0 bridgehead atoms. The van der Waals surface area contributed by atoms with E-state index >= 15 is 0 Å². The van der Waals surface area contributed by atoms with Crippen molar-refractivity contribution in [2.45, 2.75) is 0 Å². The molecule has 1 rings (SSSR count). The minimum Gasteiger partial charge on any atom is -0.504 e. The molecule has 0 saturated heterocycles. The van der Waals surface area contributed by atoms with Crippen LogP contribution in [0.2, 0.25) is 0 Å². The van der Waals surface area contributed by atoms with Gasteiger partial charge in [-0.05, 0) is 23.8 Å². The van der Waals surface area contributed by atoms with Gasteiger partial charge in [0, 0.05) is 0 Å².